The van der Waals surface area contributed by atoms with E-state index < -0.39 is 0 Å². The molecule has 0 radical (unpaired) electrons. The maximum atomic E-state index is 11.9. The van der Waals surface area contributed by atoms with Crippen LogP contribution in [-0.4, -0.2) is 68.0 Å². The van der Waals surface area contributed by atoms with Crippen molar-refractivity contribution in [2.75, 3.05) is 40.3 Å². The molecule has 0 aromatic heterocycles. The molecule has 1 fully saturated rings. The number of likely N-dealkylation sites (N-methyl/N-ethyl adjacent to an activating group) is 1. The topological polar surface area (TPSA) is 60.0 Å². The van der Waals surface area contributed by atoms with Crippen molar-refractivity contribution >= 4 is 35.8 Å². The number of likely N-dealkylation sites (tertiary alicyclic amines) is 1. The summed E-state index contributed by atoms with van der Waals surface area (Å²) in [5, 5.41) is 6.84. The first-order valence-electron chi connectivity index (χ1n) is 10.5. The van der Waals surface area contributed by atoms with Gasteiger partial charge in [-0.25, -0.2) is 4.99 Å². The summed E-state index contributed by atoms with van der Waals surface area (Å²) >= 11 is 0. The van der Waals surface area contributed by atoms with Crippen LogP contribution in [0.4, 0.5) is 0 Å². The van der Waals surface area contributed by atoms with Crippen molar-refractivity contribution < 1.29 is 4.79 Å². The highest BCUT2D eigenvalue weighted by atomic mass is 127. The number of hydrogen-bond donors (Lipinski definition) is 2. The normalized spacial score (nSPS) is 18.5. The summed E-state index contributed by atoms with van der Waals surface area (Å²) in [4.78, 5) is 20.6. The van der Waals surface area contributed by atoms with Gasteiger partial charge in [0.25, 0.3) is 0 Å². The highest BCUT2D eigenvalue weighted by molar-refractivity contribution is 14.0. The molecule has 1 aliphatic rings. The van der Waals surface area contributed by atoms with Crippen molar-refractivity contribution in [3.63, 3.8) is 0 Å². The molecule has 1 saturated heterocycles. The molecule has 0 aliphatic carbocycles. The van der Waals surface area contributed by atoms with Gasteiger partial charge in [-0.3, -0.25) is 4.79 Å². The molecule has 2 rings (SSSR count). The molecule has 2 unspecified atom stereocenters. The van der Waals surface area contributed by atoms with Gasteiger partial charge in [0.05, 0.1) is 6.04 Å². The van der Waals surface area contributed by atoms with Gasteiger partial charge >= 0.3 is 0 Å². The van der Waals surface area contributed by atoms with Crippen LogP contribution in [0.2, 0.25) is 0 Å². The fraction of sp³-hybridized carbons (Fsp3) is 0.636. The van der Waals surface area contributed by atoms with Gasteiger partial charge in [0.15, 0.2) is 5.96 Å². The maximum Gasteiger partial charge on any atom is 0.243 e. The van der Waals surface area contributed by atoms with Crippen molar-refractivity contribution in [3.05, 3.63) is 35.9 Å². The number of carbonyl (C=O) groups excluding carboxylic acids is 1. The predicted molar refractivity (Wildman–Crippen MR) is 132 cm³/mol. The van der Waals surface area contributed by atoms with E-state index >= 15 is 0 Å². The van der Waals surface area contributed by atoms with Crippen molar-refractivity contribution in [1.82, 2.24) is 20.4 Å². The molecule has 164 valence electrons. The van der Waals surface area contributed by atoms with Crippen molar-refractivity contribution in [3.8, 4) is 0 Å². The lowest BCUT2D eigenvalue weighted by Crippen LogP contribution is -2.42. The first-order chi connectivity index (χ1) is 13.5. The number of carbonyl (C=O) groups is 1. The van der Waals surface area contributed by atoms with Gasteiger partial charge < -0.3 is 20.4 Å². The van der Waals surface area contributed by atoms with E-state index in [1.54, 1.807) is 19.0 Å². The molecule has 1 amide bonds. The van der Waals surface area contributed by atoms with Crippen LogP contribution < -0.4 is 10.6 Å². The highest BCUT2D eigenvalue weighted by Crippen LogP contribution is 2.16. The van der Waals surface area contributed by atoms with E-state index in [1.165, 1.54) is 31.4 Å². The predicted octanol–water partition coefficient (Wildman–Crippen LogP) is 3.25. The largest absolute Gasteiger partial charge is 0.356 e. The van der Waals surface area contributed by atoms with Crippen LogP contribution in [0.15, 0.2) is 35.3 Å². The van der Waals surface area contributed by atoms with Crippen LogP contribution in [0.1, 0.15) is 51.1 Å². The summed E-state index contributed by atoms with van der Waals surface area (Å²) in [6, 6.07) is 11.1. The minimum atomic E-state index is -0.00407. The minimum absolute atomic E-state index is 0. The van der Waals surface area contributed by atoms with E-state index in [9.17, 15) is 4.79 Å². The molecule has 1 heterocycles. The summed E-state index contributed by atoms with van der Waals surface area (Å²) in [5.74, 6) is 0.689. The number of aliphatic imine (C=N–C) groups is 1. The number of benzene rings is 1. The van der Waals surface area contributed by atoms with E-state index in [4.69, 9.17) is 0 Å². The summed E-state index contributed by atoms with van der Waals surface area (Å²) in [6.45, 7) is 7.74. The zero-order chi connectivity index (χ0) is 20.4. The molecule has 0 spiro atoms. The molecule has 0 bridgehead atoms. The van der Waals surface area contributed by atoms with E-state index in [1.807, 2.05) is 18.2 Å². The standard InChI is InChI=1S/C22H37N5O.HI/c1-18-11-8-9-15-27(18)16-10-14-23-22(24-17-21(28)26(3)4)25-19(2)20-12-6-5-7-13-20;/h5-7,12-13,18-19H,8-11,14-17H2,1-4H3,(H2,23,24,25);1H. The number of guanidine groups is 1. The molecule has 1 aromatic rings. The van der Waals surface area contributed by atoms with Crippen molar-refractivity contribution in [2.45, 2.75) is 51.6 Å². The molecular weight excluding hydrogens is 477 g/mol. The van der Waals surface area contributed by atoms with Gasteiger partial charge in [-0.1, -0.05) is 36.8 Å². The van der Waals surface area contributed by atoms with Crippen LogP contribution >= 0.6 is 24.0 Å². The Hall–Kier alpha value is -1.35. The highest BCUT2D eigenvalue weighted by Gasteiger charge is 2.17. The Balaban J connectivity index is 0.00000420. The third kappa shape index (κ3) is 9.33. The zero-order valence-electron chi connectivity index (χ0n) is 18.4. The van der Waals surface area contributed by atoms with Gasteiger partial charge in [0.2, 0.25) is 5.91 Å². The third-order valence-corrected chi connectivity index (χ3v) is 5.38. The number of nitrogens with one attached hydrogen (secondary N) is 2. The monoisotopic (exact) mass is 515 g/mol. The molecule has 6 nitrogen and oxygen atoms in total. The Kier molecular flexibility index (Phi) is 12.2. The molecule has 2 N–H and O–H groups in total. The molecular formula is C22H38IN5O. The summed E-state index contributed by atoms with van der Waals surface area (Å²) < 4.78 is 0. The molecule has 0 saturated carbocycles. The third-order valence-electron chi connectivity index (χ3n) is 5.38. The number of halogens is 1. The summed E-state index contributed by atoms with van der Waals surface area (Å²) in [7, 11) is 3.51. The summed E-state index contributed by atoms with van der Waals surface area (Å²) in [5.41, 5.74) is 1.19. The second kappa shape index (κ2) is 13.8. The SMILES string of the molecule is CC(NC(=NCC(=O)N(C)C)NCCCN1CCCCC1C)c1ccccc1.I. The molecule has 7 heteroatoms. The lowest BCUT2D eigenvalue weighted by Gasteiger charge is -2.33. The number of piperidine rings is 1. The summed E-state index contributed by atoms with van der Waals surface area (Å²) in [6.07, 6.45) is 5.04. The molecule has 29 heavy (non-hydrogen) atoms. The van der Waals surface area contributed by atoms with Gasteiger partial charge in [0.1, 0.15) is 6.54 Å². The van der Waals surface area contributed by atoms with Gasteiger partial charge in [-0.2, -0.15) is 0 Å². The fourth-order valence-electron chi connectivity index (χ4n) is 3.45. The number of nitrogens with zero attached hydrogens (tertiary/aromatic N) is 3. The van der Waals surface area contributed by atoms with E-state index in [2.05, 4.69) is 46.5 Å². The molecule has 2 atom stereocenters. The van der Waals surface area contributed by atoms with Crippen molar-refractivity contribution in [2.24, 2.45) is 4.99 Å². The van der Waals surface area contributed by atoms with Crippen LogP contribution in [-0.2, 0) is 4.79 Å². The lowest BCUT2D eigenvalue weighted by molar-refractivity contribution is -0.127. The Labute approximate surface area is 193 Å². The Morgan fingerprint density at radius 1 is 1.28 bits per heavy atom. The van der Waals surface area contributed by atoms with E-state index in [0.29, 0.717) is 12.0 Å². The maximum absolute atomic E-state index is 11.9. The number of rotatable bonds is 8. The van der Waals surface area contributed by atoms with Crippen LogP contribution in [0.5, 0.6) is 0 Å². The smallest absolute Gasteiger partial charge is 0.243 e. The first-order valence-corrected chi connectivity index (χ1v) is 10.5. The van der Waals surface area contributed by atoms with Gasteiger partial charge in [-0.15, -0.1) is 24.0 Å². The van der Waals surface area contributed by atoms with Crippen molar-refractivity contribution in [1.29, 1.82) is 0 Å². The van der Waals surface area contributed by atoms with E-state index in [0.717, 1.165) is 19.5 Å². The van der Waals surface area contributed by atoms with Crippen LogP contribution in [0.3, 0.4) is 0 Å². The average molecular weight is 515 g/mol. The minimum Gasteiger partial charge on any atom is -0.356 e. The van der Waals surface area contributed by atoms with E-state index in [-0.39, 0.29) is 42.5 Å². The average Bonchev–Trinajstić information content (AvgIpc) is 2.70. The van der Waals surface area contributed by atoms with Gasteiger partial charge in [0, 0.05) is 33.2 Å². The van der Waals surface area contributed by atoms with Crippen LogP contribution in [0.25, 0.3) is 0 Å². The Morgan fingerprint density at radius 3 is 2.66 bits per heavy atom. The zero-order valence-corrected chi connectivity index (χ0v) is 20.7. The van der Waals surface area contributed by atoms with Gasteiger partial charge in [-0.05, 0) is 45.2 Å². The molecule has 1 aromatic carbocycles. The second-order valence-corrected chi connectivity index (χ2v) is 7.89. The van der Waals surface area contributed by atoms with Crippen LogP contribution in [0, 0.1) is 0 Å². The Morgan fingerprint density at radius 2 is 2.00 bits per heavy atom. The fourth-order valence-corrected chi connectivity index (χ4v) is 3.45. The first kappa shape index (κ1) is 25.7. The lowest BCUT2D eigenvalue weighted by atomic mass is 10.0. The number of hydrogen-bond acceptors (Lipinski definition) is 3. The molecule has 1 aliphatic heterocycles. The second-order valence-electron chi connectivity index (χ2n) is 7.89. The number of amides is 1. The Bertz CT molecular complexity index is 623. The quantitative estimate of drug-likeness (QED) is 0.242.